The summed E-state index contributed by atoms with van der Waals surface area (Å²) in [4.78, 5) is 18.0. The molecule has 2 aromatic rings. The maximum atomic E-state index is 6.18. The SMILES string of the molecule is Nc1ccc(Nc2nc(N3C[C@H](N)C[C@H](N)C3)nc(N3C[C@H](N)C[C@H](N)C3)n2)cc1. The third-order valence-corrected chi connectivity index (χ3v) is 5.37. The normalized spacial score (nSPS) is 27.2. The third-order valence-electron chi connectivity index (χ3n) is 5.37. The van der Waals surface area contributed by atoms with Crippen LogP contribution in [-0.2, 0) is 0 Å². The van der Waals surface area contributed by atoms with E-state index in [1.165, 1.54) is 0 Å². The van der Waals surface area contributed by atoms with Gasteiger partial charge >= 0.3 is 0 Å². The van der Waals surface area contributed by atoms with Crippen LogP contribution in [0.5, 0.6) is 0 Å². The predicted octanol–water partition coefficient (Wildman–Crippen LogP) is -1.07. The van der Waals surface area contributed by atoms with Crippen molar-refractivity contribution in [3.8, 4) is 0 Å². The Morgan fingerprint density at radius 1 is 0.700 bits per heavy atom. The number of nitrogen functional groups attached to an aromatic ring is 1. The van der Waals surface area contributed by atoms with E-state index >= 15 is 0 Å². The van der Waals surface area contributed by atoms with Crippen LogP contribution < -0.4 is 43.8 Å². The number of nitrogens with zero attached hydrogens (tertiary/aromatic N) is 5. The lowest BCUT2D eigenvalue weighted by molar-refractivity contribution is 0.441. The molecule has 0 saturated carbocycles. The van der Waals surface area contributed by atoms with E-state index in [0.717, 1.165) is 18.5 Å². The van der Waals surface area contributed by atoms with E-state index in [1.807, 2.05) is 34.1 Å². The lowest BCUT2D eigenvalue weighted by Gasteiger charge is -2.37. The van der Waals surface area contributed by atoms with Gasteiger partial charge in [-0.15, -0.1) is 0 Å². The second-order valence-corrected chi connectivity index (χ2v) is 8.33. The molecule has 1 aromatic carbocycles. The number of rotatable bonds is 4. The Morgan fingerprint density at radius 2 is 1.13 bits per heavy atom. The number of benzene rings is 1. The Hall–Kier alpha value is -2.73. The molecule has 30 heavy (non-hydrogen) atoms. The Morgan fingerprint density at radius 3 is 1.57 bits per heavy atom. The molecular weight excluding hydrogens is 382 g/mol. The topological polar surface area (TPSA) is 187 Å². The molecule has 0 bridgehead atoms. The maximum Gasteiger partial charge on any atom is 0.233 e. The summed E-state index contributed by atoms with van der Waals surface area (Å²) in [5, 5.41) is 3.24. The van der Waals surface area contributed by atoms with Crippen LogP contribution in [0, 0.1) is 0 Å². The van der Waals surface area contributed by atoms with Crippen LogP contribution in [0.3, 0.4) is 0 Å². The van der Waals surface area contributed by atoms with Gasteiger partial charge in [0, 0.05) is 61.7 Å². The van der Waals surface area contributed by atoms with Gasteiger partial charge in [-0.1, -0.05) is 0 Å². The van der Waals surface area contributed by atoms with Gasteiger partial charge in [-0.3, -0.25) is 0 Å². The molecule has 1 aromatic heterocycles. The minimum Gasteiger partial charge on any atom is -0.399 e. The second-order valence-electron chi connectivity index (χ2n) is 8.33. The van der Waals surface area contributed by atoms with Crippen molar-refractivity contribution in [3.63, 3.8) is 0 Å². The van der Waals surface area contributed by atoms with Gasteiger partial charge in [0.1, 0.15) is 0 Å². The van der Waals surface area contributed by atoms with Gasteiger partial charge in [-0.05, 0) is 37.1 Å². The highest BCUT2D eigenvalue weighted by Crippen LogP contribution is 2.24. The number of piperidine rings is 2. The van der Waals surface area contributed by atoms with Crippen molar-refractivity contribution in [2.24, 2.45) is 22.9 Å². The summed E-state index contributed by atoms with van der Waals surface area (Å²) in [6.45, 7) is 2.55. The first-order chi connectivity index (χ1) is 14.4. The zero-order chi connectivity index (χ0) is 21.3. The van der Waals surface area contributed by atoms with E-state index in [-0.39, 0.29) is 24.2 Å². The maximum absolute atomic E-state index is 6.18. The number of nitrogens with one attached hydrogen (secondary N) is 1. The fourth-order valence-corrected chi connectivity index (χ4v) is 4.07. The molecule has 0 unspecified atom stereocenters. The summed E-state index contributed by atoms with van der Waals surface area (Å²) < 4.78 is 0. The Bertz CT molecular complexity index is 794. The lowest BCUT2D eigenvalue weighted by atomic mass is 10.0. The van der Waals surface area contributed by atoms with Gasteiger partial charge in [0.25, 0.3) is 0 Å². The predicted molar refractivity (Wildman–Crippen MR) is 120 cm³/mol. The van der Waals surface area contributed by atoms with Crippen molar-refractivity contribution in [2.45, 2.75) is 37.0 Å². The molecule has 2 saturated heterocycles. The molecule has 0 aliphatic carbocycles. The first-order valence-electron chi connectivity index (χ1n) is 10.3. The van der Waals surface area contributed by atoms with Gasteiger partial charge in [-0.25, -0.2) is 0 Å². The number of anilines is 5. The Kier molecular flexibility index (Phi) is 5.86. The molecule has 162 valence electrons. The minimum atomic E-state index is -0.0284. The van der Waals surface area contributed by atoms with E-state index < -0.39 is 0 Å². The summed E-state index contributed by atoms with van der Waals surface area (Å²) in [6.07, 6.45) is 1.56. The van der Waals surface area contributed by atoms with Crippen molar-refractivity contribution in [3.05, 3.63) is 24.3 Å². The zero-order valence-corrected chi connectivity index (χ0v) is 17.0. The minimum absolute atomic E-state index is 0.0284. The van der Waals surface area contributed by atoms with E-state index in [2.05, 4.69) is 15.3 Å². The summed E-state index contributed by atoms with van der Waals surface area (Å²) in [5.74, 6) is 1.51. The van der Waals surface area contributed by atoms with Crippen LogP contribution in [0.15, 0.2) is 24.3 Å². The molecule has 4 rings (SSSR count). The number of nitrogens with two attached hydrogens (primary N) is 5. The average Bonchev–Trinajstić information content (AvgIpc) is 2.68. The fraction of sp³-hybridized carbons (Fsp3) is 0.526. The number of hydrogen-bond acceptors (Lipinski definition) is 11. The van der Waals surface area contributed by atoms with E-state index in [9.17, 15) is 0 Å². The Labute approximate surface area is 176 Å². The molecular formula is C19H31N11. The number of hydrogen-bond donors (Lipinski definition) is 6. The van der Waals surface area contributed by atoms with Crippen LogP contribution in [0.1, 0.15) is 12.8 Å². The van der Waals surface area contributed by atoms with Crippen molar-refractivity contribution < 1.29 is 0 Å². The van der Waals surface area contributed by atoms with Crippen LogP contribution in [0.25, 0.3) is 0 Å². The molecule has 0 spiro atoms. The van der Waals surface area contributed by atoms with Crippen LogP contribution in [0.2, 0.25) is 0 Å². The summed E-state index contributed by atoms with van der Waals surface area (Å²) in [7, 11) is 0. The second kappa shape index (κ2) is 8.56. The van der Waals surface area contributed by atoms with Gasteiger partial charge < -0.3 is 43.8 Å². The van der Waals surface area contributed by atoms with Gasteiger partial charge in [0.2, 0.25) is 17.8 Å². The van der Waals surface area contributed by atoms with Crippen LogP contribution in [0.4, 0.5) is 29.2 Å². The highest BCUT2D eigenvalue weighted by Gasteiger charge is 2.28. The largest absolute Gasteiger partial charge is 0.399 e. The van der Waals surface area contributed by atoms with Crippen molar-refractivity contribution in [1.82, 2.24) is 15.0 Å². The standard InChI is InChI=1S/C19H31N11/c20-11-1-3-16(4-2-11)25-17-26-18(29-7-12(21)5-13(22)8-29)28-19(27-17)30-9-14(23)6-15(24)10-30/h1-4,12-15H,5-10,20-24H2,(H,25,26,27,28)/t12-,13+,14-,15+. The van der Waals surface area contributed by atoms with E-state index in [1.54, 1.807) is 0 Å². The first-order valence-corrected chi connectivity index (χ1v) is 10.3. The summed E-state index contributed by atoms with van der Waals surface area (Å²) in [5.41, 5.74) is 32.0. The third kappa shape index (κ3) is 4.87. The smallest absolute Gasteiger partial charge is 0.233 e. The monoisotopic (exact) mass is 413 g/mol. The zero-order valence-electron chi connectivity index (χ0n) is 17.0. The van der Waals surface area contributed by atoms with E-state index in [0.29, 0.717) is 49.7 Å². The summed E-state index contributed by atoms with van der Waals surface area (Å²) in [6, 6.07) is 7.26. The fourth-order valence-electron chi connectivity index (χ4n) is 4.07. The Balaban J connectivity index is 1.67. The lowest BCUT2D eigenvalue weighted by Crippen LogP contribution is -2.54. The quantitative estimate of drug-likeness (QED) is 0.335. The molecule has 11 N–H and O–H groups in total. The van der Waals surface area contributed by atoms with Gasteiger partial charge in [0.15, 0.2) is 0 Å². The molecule has 4 atom stereocenters. The van der Waals surface area contributed by atoms with Crippen LogP contribution >= 0.6 is 0 Å². The molecule has 3 heterocycles. The highest BCUT2D eigenvalue weighted by molar-refractivity contribution is 5.59. The van der Waals surface area contributed by atoms with Gasteiger partial charge in [-0.2, -0.15) is 15.0 Å². The highest BCUT2D eigenvalue weighted by atomic mass is 15.4. The van der Waals surface area contributed by atoms with Crippen molar-refractivity contribution in [2.75, 3.05) is 47.0 Å². The molecule has 11 nitrogen and oxygen atoms in total. The van der Waals surface area contributed by atoms with Crippen molar-refractivity contribution >= 4 is 29.2 Å². The number of aromatic nitrogens is 3. The molecule has 2 aliphatic rings. The van der Waals surface area contributed by atoms with Crippen molar-refractivity contribution in [1.29, 1.82) is 0 Å². The molecule has 0 amide bonds. The average molecular weight is 414 g/mol. The molecule has 0 radical (unpaired) electrons. The first kappa shape index (κ1) is 20.5. The van der Waals surface area contributed by atoms with Gasteiger partial charge in [0.05, 0.1) is 0 Å². The molecule has 11 heteroatoms. The molecule has 2 aliphatic heterocycles. The van der Waals surface area contributed by atoms with E-state index in [4.69, 9.17) is 33.7 Å². The van der Waals surface area contributed by atoms with Crippen LogP contribution in [-0.4, -0.2) is 65.3 Å². The summed E-state index contributed by atoms with van der Waals surface area (Å²) >= 11 is 0. The molecule has 2 fully saturated rings.